The maximum Gasteiger partial charge on any atom is 0.253 e. The molecule has 98 valence electrons. The summed E-state index contributed by atoms with van der Waals surface area (Å²) in [4.78, 5) is 17.9. The van der Waals surface area contributed by atoms with Crippen LogP contribution in [0.2, 0.25) is 0 Å². The summed E-state index contributed by atoms with van der Waals surface area (Å²) >= 11 is 1.51. The van der Waals surface area contributed by atoms with Gasteiger partial charge in [-0.05, 0) is 37.1 Å². The minimum atomic E-state index is -0.388. The minimum absolute atomic E-state index is 0.0626. The minimum Gasteiger partial charge on any atom is -0.391 e. The number of amides is 1. The molecule has 1 aromatic rings. The zero-order valence-electron chi connectivity index (χ0n) is 10.7. The first kappa shape index (κ1) is 13.4. The highest BCUT2D eigenvalue weighted by Crippen LogP contribution is 2.32. The summed E-state index contributed by atoms with van der Waals surface area (Å²) in [5, 5.41) is 10.7. The molecule has 5 heteroatoms. The molecule has 0 bridgehead atoms. The van der Waals surface area contributed by atoms with Crippen LogP contribution < -0.4 is 0 Å². The third kappa shape index (κ3) is 3.23. The first-order chi connectivity index (χ1) is 8.61. The molecule has 1 aliphatic rings. The van der Waals surface area contributed by atoms with Gasteiger partial charge >= 0.3 is 0 Å². The van der Waals surface area contributed by atoms with Gasteiger partial charge in [0.15, 0.2) is 0 Å². The maximum atomic E-state index is 12.2. The predicted octanol–water partition coefficient (Wildman–Crippen LogP) is 1.65. The van der Waals surface area contributed by atoms with Crippen LogP contribution in [0.5, 0.6) is 0 Å². The number of hydrogen-bond donors (Lipinski definition) is 1. The van der Waals surface area contributed by atoms with E-state index in [9.17, 15) is 9.90 Å². The Bertz CT molecular complexity index is 435. The van der Waals surface area contributed by atoms with Gasteiger partial charge in [-0.2, -0.15) is 0 Å². The van der Waals surface area contributed by atoms with Gasteiger partial charge in [0.05, 0.1) is 11.1 Å². The zero-order chi connectivity index (χ0) is 13.1. The highest BCUT2D eigenvalue weighted by molar-refractivity contribution is 7.98. The first-order valence-electron chi connectivity index (χ1n) is 6.05. The second-order valence-corrected chi connectivity index (χ2v) is 5.50. The number of carbonyl (C=O) groups excluding carboxylic acids is 1. The van der Waals surface area contributed by atoms with E-state index >= 15 is 0 Å². The molecule has 1 aliphatic carbocycles. The third-order valence-corrected chi connectivity index (χ3v) is 3.81. The van der Waals surface area contributed by atoms with E-state index in [1.54, 1.807) is 30.3 Å². The van der Waals surface area contributed by atoms with E-state index in [1.807, 2.05) is 6.26 Å². The van der Waals surface area contributed by atoms with Gasteiger partial charge < -0.3 is 10.0 Å². The Morgan fingerprint density at radius 3 is 3.00 bits per heavy atom. The summed E-state index contributed by atoms with van der Waals surface area (Å²) in [5.41, 5.74) is 0.625. The average molecular weight is 266 g/mol. The van der Waals surface area contributed by atoms with Crippen LogP contribution in [-0.2, 0) is 0 Å². The van der Waals surface area contributed by atoms with E-state index in [-0.39, 0.29) is 12.0 Å². The monoisotopic (exact) mass is 266 g/mol. The van der Waals surface area contributed by atoms with Gasteiger partial charge in [0.25, 0.3) is 5.91 Å². The Morgan fingerprint density at radius 1 is 1.67 bits per heavy atom. The molecule has 1 unspecified atom stereocenters. The quantitative estimate of drug-likeness (QED) is 0.823. The predicted molar refractivity (Wildman–Crippen MR) is 71.7 cm³/mol. The number of rotatable bonds is 5. The zero-order valence-corrected chi connectivity index (χ0v) is 11.5. The van der Waals surface area contributed by atoms with Gasteiger partial charge in [0.2, 0.25) is 0 Å². The van der Waals surface area contributed by atoms with Crippen molar-refractivity contribution in [1.29, 1.82) is 0 Å². The molecule has 4 nitrogen and oxygen atoms in total. The largest absolute Gasteiger partial charge is 0.391 e. The standard InChI is InChI=1S/C13H18N2O2S/c1-15(8-11(16)9-3-4-9)13(17)10-5-6-14-12(7-10)18-2/h5-7,9,11,16H,3-4,8H2,1-2H3. The number of nitrogens with zero attached hydrogens (tertiary/aromatic N) is 2. The van der Waals surface area contributed by atoms with Crippen molar-refractivity contribution in [3.63, 3.8) is 0 Å². The van der Waals surface area contributed by atoms with Crippen LogP contribution in [0.3, 0.4) is 0 Å². The van der Waals surface area contributed by atoms with Crippen molar-refractivity contribution in [2.24, 2.45) is 5.92 Å². The van der Waals surface area contributed by atoms with Crippen LogP contribution in [-0.4, -0.2) is 46.8 Å². The molecular weight excluding hydrogens is 248 g/mol. The SMILES string of the molecule is CSc1cc(C(=O)N(C)CC(O)C2CC2)ccn1. The molecule has 0 saturated heterocycles. The summed E-state index contributed by atoms with van der Waals surface area (Å²) in [6.07, 6.45) is 5.34. The summed E-state index contributed by atoms with van der Waals surface area (Å²) < 4.78 is 0. The molecular formula is C13H18N2O2S. The van der Waals surface area contributed by atoms with E-state index in [2.05, 4.69) is 4.98 Å². The van der Waals surface area contributed by atoms with Crippen LogP contribution in [0.1, 0.15) is 23.2 Å². The lowest BCUT2D eigenvalue weighted by Crippen LogP contribution is -2.35. The van der Waals surface area contributed by atoms with Crippen molar-refractivity contribution >= 4 is 17.7 Å². The highest BCUT2D eigenvalue weighted by atomic mass is 32.2. The lowest BCUT2D eigenvalue weighted by atomic mass is 10.2. The van der Waals surface area contributed by atoms with Crippen molar-refractivity contribution in [2.75, 3.05) is 19.8 Å². The second kappa shape index (κ2) is 5.71. The Hall–Kier alpha value is -1.07. The molecule has 1 fully saturated rings. The van der Waals surface area contributed by atoms with Crippen molar-refractivity contribution in [2.45, 2.75) is 24.0 Å². The highest BCUT2D eigenvalue weighted by Gasteiger charge is 2.31. The number of hydrogen-bond acceptors (Lipinski definition) is 4. The van der Waals surface area contributed by atoms with E-state index in [4.69, 9.17) is 0 Å². The van der Waals surface area contributed by atoms with Crippen LogP contribution in [0.15, 0.2) is 23.4 Å². The smallest absolute Gasteiger partial charge is 0.253 e. The van der Waals surface area contributed by atoms with Crippen LogP contribution in [0, 0.1) is 5.92 Å². The molecule has 18 heavy (non-hydrogen) atoms. The number of likely N-dealkylation sites (N-methyl/N-ethyl adjacent to an activating group) is 1. The van der Waals surface area contributed by atoms with Crippen molar-refractivity contribution in [3.05, 3.63) is 23.9 Å². The molecule has 1 heterocycles. The normalized spacial score (nSPS) is 16.4. The number of thioether (sulfide) groups is 1. The summed E-state index contributed by atoms with van der Waals surface area (Å²) in [7, 11) is 1.73. The molecule has 1 aromatic heterocycles. The van der Waals surface area contributed by atoms with Crippen LogP contribution >= 0.6 is 11.8 Å². The van der Waals surface area contributed by atoms with Crippen LogP contribution in [0.25, 0.3) is 0 Å². The van der Waals surface area contributed by atoms with Crippen molar-refractivity contribution < 1.29 is 9.90 Å². The third-order valence-electron chi connectivity index (χ3n) is 3.16. The maximum absolute atomic E-state index is 12.2. The second-order valence-electron chi connectivity index (χ2n) is 4.68. The Morgan fingerprint density at radius 2 is 2.39 bits per heavy atom. The van der Waals surface area contributed by atoms with E-state index in [0.29, 0.717) is 18.0 Å². The van der Waals surface area contributed by atoms with Crippen molar-refractivity contribution in [3.8, 4) is 0 Å². The van der Waals surface area contributed by atoms with E-state index in [0.717, 1.165) is 17.9 Å². The fraction of sp³-hybridized carbons (Fsp3) is 0.538. The number of aliphatic hydroxyl groups excluding tert-OH is 1. The molecule has 1 saturated carbocycles. The fourth-order valence-electron chi connectivity index (χ4n) is 1.87. The van der Waals surface area contributed by atoms with Gasteiger partial charge in [-0.3, -0.25) is 4.79 Å². The Labute approximate surface area is 111 Å². The van der Waals surface area contributed by atoms with Gasteiger partial charge in [-0.15, -0.1) is 11.8 Å². The number of aliphatic hydroxyl groups is 1. The molecule has 1 amide bonds. The number of pyridine rings is 1. The van der Waals surface area contributed by atoms with E-state index < -0.39 is 0 Å². The number of aromatic nitrogens is 1. The molecule has 1 atom stereocenters. The summed E-state index contributed by atoms with van der Waals surface area (Å²) in [5.74, 6) is 0.326. The average Bonchev–Trinajstić information content (AvgIpc) is 3.22. The Kier molecular flexibility index (Phi) is 4.24. The Balaban J connectivity index is 2.00. The molecule has 1 N–H and O–H groups in total. The number of carbonyl (C=O) groups is 1. The van der Waals surface area contributed by atoms with Gasteiger partial charge in [0.1, 0.15) is 0 Å². The molecule has 0 radical (unpaired) electrons. The molecule has 0 aromatic carbocycles. The molecule has 2 rings (SSSR count). The molecule has 0 spiro atoms. The van der Waals surface area contributed by atoms with Gasteiger partial charge in [0, 0.05) is 25.4 Å². The lowest BCUT2D eigenvalue weighted by molar-refractivity contribution is 0.0645. The van der Waals surface area contributed by atoms with Gasteiger partial charge in [-0.1, -0.05) is 0 Å². The first-order valence-corrected chi connectivity index (χ1v) is 7.28. The molecule has 0 aliphatic heterocycles. The van der Waals surface area contributed by atoms with Gasteiger partial charge in [-0.25, -0.2) is 4.98 Å². The summed E-state index contributed by atoms with van der Waals surface area (Å²) in [6, 6.07) is 3.50. The summed E-state index contributed by atoms with van der Waals surface area (Å²) in [6.45, 7) is 0.403. The topological polar surface area (TPSA) is 53.4 Å². The lowest BCUT2D eigenvalue weighted by Gasteiger charge is -2.20. The van der Waals surface area contributed by atoms with Crippen LogP contribution in [0.4, 0.5) is 0 Å². The van der Waals surface area contributed by atoms with Crippen molar-refractivity contribution in [1.82, 2.24) is 9.88 Å². The van der Waals surface area contributed by atoms with E-state index in [1.165, 1.54) is 11.8 Å². The fourth-order valence-corrected chi connectivity index (χ4v) is 2.28.